The van der Waals surface area contributed by atoms with Crippen molar-refractivity contribution in [2.45, 2.75) is 6.42 Å². The number of rotatable bonds is 2. The van der Waals surface area contributed by atoms with E-state index < -0.39 is 23.2 Å². The summed E-state index contributed by atoms with van der Waals surface area (Å²) >= 11 is 3.14. The zero-order chi connectivity index (χ0) is 12.1. The van der Waals surface area contributed by atoms with Gasteiger partial charge in [-0.2, -0.15) is 0 Å². The molecule has 0 heterocycles. The molecule has 0 aromatic heterocycles. The second-order valence-corrected chi connectivity index (χ2v) is 3.65. The highest BCUT2D eigenvalue weighted by atomic mass is 79.9. The Hall–Kier alpha value is -1.41. The molecule has 0 aliphatic heterocycles. The zero-order valence-electron chi connectivity index (χ0n) is 8.06. The number of aromatic carboxylic acids is 1. The first-order valence-corrected chi connectivity index (χ1v) is 5.45. The molecule has 0 amide bonds. The summed E-state index contributed by atoms with van der Waals surface area (Å²) in [5.41, 5.74) is -0.690. The second kappa shape index (κ2) is 5.61. The SMILES string of the molecule is O=C(O)c1cc(C#CCCBr)c(F)cc1F. The third kappa shape index (κ3) is 3.04. The third-order valence-electron chi connectivity index (χ3n) is 1.73. The molecule has 0 unspecified atom stereocenters. The van der Waals surface area contributed by atoms with Crippen LogP contribution in [0.1, 0.15) is 22.3 Å². The van der Waals surface area contributed by atoms with E-state index in [0.29, 0.717) is 17.8 Å². The fourth-order valence-electron chi connectivity index (χ4n) is 1.01. The Morgan fingerprint density at radius 3 is 2.62 bits per heavy atom. The number of carboxylic acid groups (broad SMARTS) is 1. The molecule has 0 spiro atoms. The van der Waals surface area contributed by atoms with Crippen molar-refractivity contribution < 1.29 is 18.7 Å². The van der Waals surface area contributed by atoms with E-state index in [1.807, 2.05) is 0 Å². The van der Waals surface area contributed by atoms with Crippen molar-refractivity contribution in [2.75, 3.05) is 5.33 Å². The van der Waals surface area contributed by atoms with Crippen LogP contribution >= 0.6 is 15.9 Å². The third-order valence-corrected chi connectivity index (χ3v) is 2.13. The van der Waals surface area contributed by atoms with E-state index >= 15 is 0 Å². The van der Waals surface area contributed by atoms with Gasteiger partial charge in [0.2, 0.25) is 0 Å². The topological polar surface area (TPSA) is 37.3 Å². The molecule has 1 N–H and O–H groups in total. The molecule has 1 aromatic carbocycles. The molecule has 5 heteroatoms. The minimum Gasteiger partial charge on any atom is -0.478 e. The second-order valence-electron chi connectivity index (χ2n) is 2.86. The van der Waals surface area contributed by atoms with Crippen LogP contribution in [0.15, 0.2) is 12.1 Å². The molecule has 0 aliphatic carbocycles. The molecule has 1 rings (SSSR count). The first-order valence-electron chi connectivity index (χ1n) is 4.33. The Kier molecular flexibility index (Phi) is 4.44. The average molecular weight is 289 g/mol. The molecule has 16 heavy (non-hydrogen) atoms. The van der Waals surface area contributed by atoms with Crippen LogP contribution < -0.4 is 0 Å². The lowest BCUT2D eigenvalue weighted by Crippen LogP contribution is -2.02. The van der Waals surface area contributed by atoms with Crippen LogP contribution in [0.4, 0.5) is 8.78 Å². The Morgan fingerprint density at radius 1 is 1.38 bits per heavy atom. The van der Waals surface area contributed by atoms with Gasteiger partial charge in [0.1, 0.15) is 11.6 Å². The molecule has 0 saturated heterocycles. The van der Waals surface area contributed by atoms with Gasteiger partial charge in [0.15, 0.2) is 0 Å². The zero-order valence-corrected chi connectivity index (χ0v) is 9.64. The Bertz CT molecular complexity index is 475. The van der Waals surface area contributed by atoms with E-state index in [2.05, 4.69) is 27.8 Å². The van der Waals surface area contributed by atoms with Gasteiger partial charge in [0.25, 0.3) is 0 Å². The molecule has 1 aromatic rings. The largest absolute Gasteiger partial charge is 0.478 e. The van der Waals surface area contributed by atoms with Gasteiger partial charge in [0.05, 0.1) is 11.1 Å². The molecule has 0 saturated carbocycles. The summed E-state index contributed by atoms with van der Waals surface area (Å²) in [4.78, 5) is 10.6. The average Bonchev–Trinajstić information content (AvgIpc) is 2.21. The lowest BCUT2D eigenvalue weighted by Gasteiger charge is -1.99. The molecule has 0 fully saturated rings. The first kappa shape index (κ1) is 12.7. The van der Waals surface area contributed by atoms with Gasteiger partial charge in [-0.25, -0.2) is 13.6 Å². The fraction of sp³-hybridized carbons (Fsp3) is 0.182. The smallest absolute Gasteiger partial charge is 0.338 e. The number of hydrogen-bond donors (Lipinski definition) is 1. The van der Waals surface area contributed by atoms with Gasteiger partial charge in [-0.3, -0.25) is 0 Å². The molecule has 84 valence electrons. The summed E-state index contributed by atoms with van der Waals surface area (Å²) in [6.45, 7) is 0. The monoisotopic (exact) mass is 288 g/mol. The van der Waals surface area contributed by atoms with Gasteiger partial charge in [0, 0.05) is 17.8 Å². The number of halogens is 3. The van der Waals surface area contributed by atoms with Gasteiger partial charge in [-0.1, -0.05) is 27.8 Å². The molecular formula is C11H7BrF2O2. The van der Waals surface area contributed by atoms with Crippen molar-refractivity contribution in [1.82, 2.24) is 0 Å². The van der Waals surface area contributed by atoms with E-state index in [4.69, 9.17) is 5.11 Å². The normalized spacial score (nSPS) is 9.44. The van der Waals surface area contributed by atoms with Crippen LogP contribution in [-0.4, -0.2) is 16.4 Å². The van der Waals surface area contributed by atoms with Crippen molar-refractivity contribution >= 4 is 21.9 Å². The van der Waals surface area contributed by atoms with Gasteiger partial charge in [-0.05, 0) is 6.07 Å². The summed E-state index contributed by atoms with van der Waals surface area (Å²) < 4.78 is 26.2. The van der Waals surface area contributed by atoms with E-state index in [1.54, 1.807) is 0 Å². The number of carbonyl (C=O) groups is 1. The molecule has 0 radical (unpaired) electrons. The van der Waals surface area contributed by atoms with E-state index in [-0.39, 0.29) is 5.56 Å². The first-order chi connectivity index (χ1) is 7.56. The summed E-state index contributed by atoms with van der Waals surface area (Å²) in [7, 11) is 0. The van der Waals surface area contributed by atoms with Crippen LogP contribution in [0.25, 0.3) is 0 Å². The summed E-state index contributed by atoms with van der Waals surface area (Å²) in [5.74, 6) is 1.68. The molecule has 0 bridgehead atoms. The van der Waals surface area contributed by atoms with Gasteiger partial charge < -0.3 is 5.11 Å². The number of carboxylic acids is 1. The quantitative estimate of drug-likeness (QED) is 0.671. The van der Waals surface area contributed by atoms with Crippen molar-refractivity contribution in [2.24, 2.45) is 0 Å². The fourth-order valence-corrected chi connectivity index (χ4v) is 1.21. The Balaban J connectivity index is 3.16. The Labute approximate surface area is 99.4 Å². The number of benzene rings is 1. The highest BCUT2D eigenvalue weighted by Gasteiger charge is 2.13. The highest BCUT2D eigenvalue weighted by Crippen LogP contribution is 2.14. The van der Waals surface area contributed by atoms with Crippen LogP contribution in [0, 0.1) is 23.5 Å². The lowest BCUT2D eigenvalue weighted by atomic mass is 10.1. The minimum absolute atomic E-state index is 0.111. The summed E-state index contributed by atoms with van der Waals surface area (Å²) in [6, 6.07) is 1.43. The minimum atomic E-state index is -1.44. The number of alkyl halides is 1. The predicted molar refractivity (Wildman–Crippen MR) is 58.6 cm³/mol. The molecular weight excluding hydrogens is 282 g/mol. The maximum atomic E-state index is 13.2. The van der Waals surface area contributed by atoms with E-state index in [9.17, 15) is 13.6 Å². The lowest BCUT2D eigenvalue weighted by molar-refractivity contribution is 0.0691. The molecule has 0 atom stereocenters. The number of hydrogen-bond acceptors (Lipinski definition) is 1. The molecule has 2 nitrogen and oxygen atoms in total. The van der Waals surface area contributed by atoms with E-state index in [0.717, 1.165) is 6.07 Å². The molecule has 0 aliphatic rings. The standard InChI is InChI=1S/C11H7BrF2O2/c12-4-2-1-3-7-5-8(11(15)16)10(14)6-9(7)13/h5-6H,2,4H2,(H,15,16). The maximum absolute atomic E-state index is 13.2. The highest BCUT2D eigenvalue weighted by molar-refractivity contribution is 9.09. The van der Waals surface area contributed by atoms with Gasteiger partial charge in [-0.15, -0.1) is 0 Å². The van der Waals surface area contributed by atoms with Crippen LogP contribution in [0.3, 0.4) is 0 Å². The predicted octanol–water partition coefficient (Wildman–Crippen LogP) is 2.80. The van der Waals surface area contributed by atoms with Crippen molar-refractivity contribution in [3.05, 3.63) is 34.9 Å². The van der Waals surface area contributed by atoms with E-state index in [1.165, 1.54) is 0 Å². The van der Waals surface area contributed by atoms with Crippen LogP contribution in [0.5, 0.6) is 0 Å². The maximum Gasteiger partial charge on any atom is 0.338 e. The Morgan fingerprint density at radius 2 is 2.06 bits per heavy atom. The van der Waals surface area contributed by atoms with Gasteiger partial charge >= 0.3 is 5.97 Å². The van der Waals surface area contributed by atoms with Crippen molar-refractivity contribution in [1.29, 1.82) is 0 Å². The summed E-state index contributed by atoms with van der Waals surface area (Å²) in [6.07, 6.45) is 0.499. The van der Waals surface area contributed by atoms with Crippen LogP contribution in [0.2, 0.25) is 0 Å². The summed E-state index contributed by atoms with van der Waals surface area (Å²) in [5, 5.41) is 9.27. The van der Waals surface area contributed by atoms with Crippen LogP contribution in [-0.2, 0) is 0 Å². The van der Waals surface area contributed by atoms with Crippen molar-refractivity contribution in [3.63, 3.8) is 0 Å². The van der Waals surface area contributed by atoms with Crippen molar-refractivity contribution in [3.8, 4) is 11.8 Å².